The second-order valence-corrected chi connectivity index (χ2v) is 6.90. The fourth-order valence-electron chi connectivity index (χ4n) is 2.57. The predicted molar refractivity (Wildman–Crippen MR) is 97.4 cm³/mol. The van der Waals surface area contributed by atoms with Gasteiger partial charge in [0.25, 0.3) is 5.69 Å². The number of methoxy groups -OCH3 is 1. The molecule has 0 spiro atoms. The first-order chi connectivity index (χ1) is 13.2. The summed E-state index contributed by atoms with van der Waals surface area (Å²) in [6.45, 7) is 0. The third kappa shape index (κ3) is 4.71. The number of hydrogen-bond donors (Lipinski definition) is 1. The number of nitro benzene ring substituents is 1. The van der Waals surface area contributed by atoms with Crippen LogP contribution < -0.4 is 34.3 Å². The van der Waals surface area contributed by atoms with Crippen LogP contribution in [0.4, 0.5) is 17.1 Å². The first-order valence-electron chi connectivity index (χ1n) is 7.67. The van der Waals surface area contributed by atoms with Crippen molar-refractivity contribution in [3.05, 3.63) is 58.6 Å². The molecule has 144 valence electrons. The number of phenols is 1. The van der Waals surface area contributed by atoms with Gasteiger partial charge in [-0.25, -0.2) is 8.42 Å². The van der Waals surface area contributed by atoms with Crippen LogP contribution in [-0.2, 0) is 10.1 Å². The van der Waals surface area contributed by atoms with E-state index in [2.05, 4.69) is 10.2 Å². The molecule has 1 N–H and O–H groups in total. The van der Waals surface area contributed by atoms with Gasteiger partial charge in [0, 0.05) is 16.8 Å². The average molecular weight is 425 g/mol. The van der Waals surface area contributed by atoms with Crippen LogP contribution in [0.5, 0.6) is 11.5 Å². The molecular weight excluding hydrogens is 413 g/mol. The maximum absolute atomic E-state index is 11.6. The van der Waals surface area contributed by atoms with Gasteiger partial charge in [0.05, 0.1) is 23.0 Å². The number of fused-ring (bicyclic) bond motifs is 1. The van der Waals surface area contributed by atoms with Gasteiger partial charge < -0.3 is 14.4 Å². The smallest absolute Gasteiger partial charge is 0.744 e. The zero-order valence-corrected chi connectivity index (χ0v) is 18.1. The van der Waals surface area contributed by atoms with E-state index < -0.39 is 19.9 Å². The van der Waals surface area contributed by atoms with Crippen molar-refractivity contribution < 1.29 is 57.3 Å². The van der Waals surface area contributed by atoms with Crippen molar-refractivity contribution in [2.45, 2.75) is 4.90 Å². The van der Waals surface area contributed by atoms with Crippen LogP contribution in [-0.4, -0.2) is 30.1 Å². The number of azo groups is 1. The molecule has 0 aliphatic rings. The van der Waals surface area contributed by atoms with Gasteiger partial charge in [0.15, 0.2) is 11.5 Å². The molecule has 3 aromatic carbocycles. The maximum atomic E-state index is 11.6. The second kappa shape index (κ2) is 8.84. The van der Waals surface area contributed by atoms with Crippen LogP contribution in [0, 0.1) is 10.1 Å². The van der Waals surface area contributed by atoms with Gasteiger partial charge in [-0.15, -0.1) is 10.2 Å². The zero-order valence-electron chi connectivity index (χ0n) is 15.3. The van der Waals surface area contributed by atoms with Crippen LogP contribution >= 0.6 is 0 Å². The molecule has 0 aliphatic heterocycles. The Morgan fingerprint density at radius 1 is 1.03 bits per heavy atom. The molecule has 12 heteroatoms. The van der Waals surface area contributed by atoms with Gasteiger partial charge in [-0.3, -0.25) is 10.1 Å². The molecule has 3 aromatic rings. The summed E-state index contributed by atoms with van der Waals surface area (Å²) in [7, 11) is -3.56. The molecule has 0 atom stereocenters. The number of aromatic hydroxyl groups is 1. The summed E-state index contributed by atoms with van der Waals surface area (Å²) in [6.07, 6.45) is 0. The molecule has 0 aromatic heterocycles. The predicted octanol–water partition coefficient (Wildman–Crippen LogP) is 0.786. The SMILES string of the molecule is COc1cc([N+](=O)[O-])ccc1N=Nc1cc(S(=O)(=O)[O-])c2ccccc2c1O.[Na+]. The Morgan fingerprint density at radius 2 is 1.66 bits per heavy atom. The quantitative estimate of drug-likeness (QED) is 0.208. The van der Waals surface area contributed by atoms with Crippen molar-refractivity contribution >= 4 is 38.0 Å². The number of ether oxygens (including phenoxy) is 1. The van der Waals surface area contributed by atoms with E-state index in [0.717, 1.165) is 12.1 Å². The van der Waals surface area contributed by atoms with E-state index in [1.54, 1.807) is 6.07 Å². The average Bonchev–Trinajstić information content (AvgIpc) is 2.66. The second-order valence-electron chi connectivity index (χ2n) is 5.56. The van der Waals surface area contributed by atoms with E-state index in [1.165, 1.54) is 37.4 Å². The van der Waals surface area contributed by atoms with Crippen LogP contribution in [0.15, 0.2) is 63.7 Å². The maximum Gasteiger partial charge on any atom is 1.00 e. The molecular formula is C17H12N3NaO7S. The zero-order chi connectivity index (χ0) is 20.5. The summed E-state index contributed by atoms with van der Waals surface area (Å²) in [4.78, 5) is 9.68. The van der Waals surface area contributed by atoms with Gasteiger partial charge >= 0.3 is 29.6 Å². The summed E-state index contributed by atoms with van der Waals surface area (Å²) >= 11 is 0. The summed E-state index contributed by atoms with van der Waals surface area (Å²) in [5, 5.41) is 29.1. The number of nitro groups is 1. The van der Waals surface area contributed by atoms with Crippen LogP contribution in [0.2, 0.25) is 0 Å². The summed E-state index contributed by atoms with van der Waals surface area (Å²) in [5.74, 6) is -0.317. The van der Waals surface area contributed by atoms with Gasteiger partial charge in [-0.05, 0) is 12.1 Å². The molecule has 0 radical (unpaired) electrons. The third-order valence-corrected chi connectivity index (χ3v) is 4.74. The fourth-order valence-corrected chi connectivity index (χ4v) is 3.27. The number of hydrogen-bond acceptors (Lipinski definition) is 9. The molecule has 0 aliphatic carbocycles. The van der Waals surface area contributed by atoms with Crippen molar-refractivity contribution in [1.82, 2.24) is 0 Å². The van der Waals surface area contributed by atoms with E-state index in [-0.39, 0.29) is 68.9 Å². The molecule has 10 nitrogen and oxygen atoms in total. The van der Waals surface area contributed by atoms with Gasteiger partial charge in [-0.2, -0.15) is 0 Å². The molecule has 0 fully saturated rings. The third-order valence-electron chi connectivity index (χ3n) is 3.87. The minimum atomic E-state index is -4.84. The van der Waals surface area contributed by atoms with E-state index in [9.17, 15) is 28.2 Å². The Morgan fingerprint density at radius 3 is 2.24 bits per heavy atom. The molecule has 0 unspecified atom stereocenters. The molecule has 3 rings (SSSR count). The summed E-state index contributed by atoms with van der Waals surface area (Å²) < 4.78 is 39.8. The normalized spacial score (nSPS) is 11.4. The standard InChI is InChI=1S/C17H13N3O7S.Na/c1-27-15-8-10(20(22)23)6-7-13(15)18-19-14-9-16(28(24,25)26)11-4-2-3-5-12(11)17(14)21;/h2-9,21H,1H3,(H,24,25,26);/q;+1/p-1. The van der Waals surface area contributed by atoms with E-state index in [0.29, 0.717) is 0 Å². The Bertz CT molecular complexity index is 1230. The molecule has 0 amide bonds. The number of benzene rings is 3. The number of phenolic OH excluding ortho intramolecular Hbond substituents is 1. The van der Waals surface area contributed by atoms with Crippen molar-refractivity contribution in [3.63, 3.8) is 0 Å². The van der Waals surface area contributed by atoms with E-state index in [1.807, 2.05) is 0 Å². The number of non-ortho nitro benzene ring substituents is 1. The number of rotatable bonds is 5. The van der Waals surface area contributed by atoms with E-state index in [4.69, 9.17) is 4.74 Å². The van der Waals surface area contributed by atoms with Crippen LogP contribution in [0.3, 0.4) is 0 Å². The Hall–Kier alpha value is -2.57. The number of nitrogens with zero attached hydrogens (tertiary/aromatic N) is 3. The largest absolute Gasteiger partial charge is 1.00 e. The molecule has 0 saturated carbocycles. The van der Waals surface area contributed by atoms with Gasteiger partial charge in [0.1, 0.15) is 21.5 Å². The topological polar surface area (TPSA) is 155 Å². The van der Waals surface area contributed by atoms with Crippen LogP contribution in [0.1, 0.15) is 0 Å². The molecule has 0 heterocycles. The minimum Gasteiger partial charge on any atom is -0.744 e. The molecule has 0 bridgehead atoms. The van der Waals surface area contributed by atoms with Crippen molar-refractivity contribution in [2.24, 2.45) is 10.2 Å². The Labute approximate surface area is 187 Å². The van der Waals surface area contributed by atoms with Crippen LogP contribution in [0.25, 0.3) is 10.8 Å². The first-order valence-corrected chi connectivity index (χ1v) is 9.08. The Kier molecular flexibility index (Phi) is 6.93. The van der Waals surface area contributed by atoms with Crippen molar-refractivity contribution in [2.75, 3.05) is 7.11 Å². The first kappa shape index (κ1) is 22.7. The minimum absolute atomic E-state index is 0. The van der Waals surface area contributed by atoms with Crippen molar-refractivity contribution in [1.29, 1.82) is 0 Å². The van der Waals surface area contributed by atoms with Gasteiger partial charge in [0.2, 0.25) is 0 Å². The Balaban J connectivity index is 0.00000300. The summed E-state index contributed by atoms with van der Waals surface area (Å²) in [5.41, 5.74) is -0.371. The summed E-state index contributed by atoms with van der Waals surface area (Å²) in [6, 6.07) is 10.4. The van der Waals surface area contributed by atoms with Crippen molar-refractivity contribution in [3.8, 4) is 11.5 Å². The van der Waals surface area contributed by atoms with E-state index >= 15 is 0 Å². The fraction of sp³-hybridized carbons (Fsp3) is 0.0588. The van der Waals surface area contributed by atoms with Gasteiger partial charge in [-0.1, -0.05) is 24.3 Å². The molecule has 29 heavy (non-hydrogen) atoms. The molecule has 0 saturated heterocycles. The monoisotopic (exact) mass is 425 g/mol.